The van der Waals surface area contributed by atoms with Crippen molar-refractivity contribution in [3.8, 4) is 0 Å². The highest BCUT2D eigenvalue weighted by Gasteiger charge is 2.38. The van der Waals surface area contributed by atoms with Crippen LogP contribution < -0.4 is 0 Å². The number of aliphatic carboxylic acids is 1. The molecule has 0 aliphatic carbocycles. The summed E-state index contributed by atoms with van der Waals surface area (Å²) in [5.41, 5.74) is 1.42. The summed E-state index contributed by atoms with van der Waals surface area (Å²) in [6.45, 7) is 4.77. The molecule has 5 heteroatoms. The Kier molecular flexibility index (Phi) is 4.52. The first kappa shape index (κ1) is 14.9. The smallest absolute Gasteiger partial charge is 0.310 e. The molecule has 1 saturated heterocycles. The fraction of sp³-hybridized carbons (Fsp3) is 0.562. The van der Waals surface area contributed by atoms with Gasteiger partial charge in [-0.05, 0) is 24.6 Å². The van der Waals surface area contributed by atoms with Crippen LogP contribution in [0.25, 0.3) is 0 Å². The Morgan fingerprint density at radius 2 is 2.24 bits per heavy atom. The van der Waals surface area contributed by atoms with Gasteiger partial charge in [-0.15, -0.1) is 11.8 Å². The Balaban J connectivity index is 1.65. The Morgan fingerprint density at radius 3 is 2.95 bits per heavy atom. The van der Waals surface area contributed by atoms with Gasteiger partial charge in [-0.1, -0.05) is 25.1 Å². The van der Waals surface area contributed by atoms with Gasteiger partial charge in [0.25, 0.3) is 0 Å². The van der Waals surface area contributed by atoms with Gasteiger partial charge >= 0.3 is 5.97 Å². The van der Waals surface area contributed by atoms with E-state index in [0.717, 1.165) is 19.5 Å². The van der Waals surface area contributed by atoms with Gasteiger partial charge in [0, 0.05) is 22.7 Å². The predicted octanol–water partition coefficient (Wildman–Crippen LogP) is 2.12. The van der Waals surface area contributed by atoms with E-state index in [1.54, 1.807) is 0 Å². The first-order chi connectivity index (χ1) is 10.2. The molecule has 3 rings (SSSR count). The van der Waals surface area contributed by atoms with E-state index in [1.165, 1.54) is 10.5 Å². The molecule has 21 heavy (non-hydrogen) atoms. The van der Waals surface area contributed by atoms with Crippen LogP contribution in [0.1, 0.15) is 12.5 Å². The molecule has 0 spiro atoms. The second-order valence-corrected chi connectivity index (χ2v) is 7.03. The van der Waals surface area contributed by atoms with Crippen molar-refractivity contribution in [2.45, 2.75) is 29.5 Å². The zero-order valence-electron chi connectivity index (χ0n) is 12.2. The fourth-order valence-electron chi connectivity index (χ4n) is 3.26. The molecule has 3 unspecified atom stereocenters. The Labute approximate surface area is 129 Å². The summed E-state index contributed by atoms with van der Waals surface area (Å²) in [6, 6.07) is 8.55. The summed E-state index contributed by atoms with van der Waals surface area (Å²) in [7, 11) is 0. The van der Waals surface area contributed by atoms with Crippen LogP contribution in [0.3, 0.4) is 0 Å². The van der Waals surface area contributed by atoms with E-state index in [2.05, 4.69) is 36.1 Å². The summed E-state index contributed by atoms with van der Waals surface area (Å²) in [5.74, 6) is -1.13. The van der Waals surface area contributed by atoms with Gasteiger partial charge in [0.15, 0.2) is 0 Å². The molecule has 0 amide bonds. The molecule has 2 aliphatic rings. The summed E-state index contributed by atoms with van der Waals surface area (Å²) in [5, 5.41) is 9.83. The average molecular weight is 307 g/mol. The van der Waals surface area contributed by atoms with Crippen LogP contribution in [-0.4, -0.2) is 53.6 Å². The fourth-order valence-corrected chi connectivity index (χ4v) is 4.60. The molecule has 1 aromatic carbocycles. The first-order valence-electron chi connectivity index (χ1n) is 7.48. The van der Waals surface area contributed by atoms with Gasteiger partial charge in [0.2, 0.25) is 0 Å². The highest BCUT2D eigenvalue weighted by atomic mass is 32.2. The maximum Gasteiger partial charge on any atom is 0.310 e. The highest BCUT2D eigenvalue weighted by Crippen LogP contribution is 2.37. The molecule has 114 valence electrons. The van der Waals surface area contributed by atoms with Crippen molar-refractivity contribution in [1.82, 2.24) is 4.90 Å². The van der Waals surface area contributed by atoms with Crippen molar-refractivity contribution in [3.63, 3.8) is 0 Å². The van der Waals surface area contributed by atoms with Gasteiger partial charge in [-0.2, -0.15) is 0 Å². The summed E-state index contributed by atoms with van der Waals surface area (Å²) in [4.78, 5) is 15.0. The van der Waals surface area contributed by atoms with E-state index in [-0.39, 0.29) is 6.04 Å². The van der Waals surface area contributed by atoms with Gasteiger partial charge in [-0.25, -0.2) is 0 Å². The number of nitrogens with zero attached hydrogens (tertiary/aromatic N) is 1. The maximum absolute atomic E-state index is 11.3. The molecular weight excluding hydrogens is 286 g/mol. The van der Waals surface area contributed by atoms with Crippen LogP contribution in [0.5, 0.6) is 0 Å². The molecule has 4 nitrogen and oxygen atoms in total. The largest absolute Gasteiger partial charge is 0.481 e. The Hall–Kier alpha value is -1.04. The third kappa shape index (κ3) is 3.10. The number of likely N-dealkylation sites (N-methyl/N-ethyl adjacent to an activating group) is 1. The normalized spacial score (nSPS) is 28.0. The van der Waals surface area contributed by atoms with Gasteiger partial charge in [-0.3, -0.25) is 9.69 Å². The molecule has 1 N–H and O–H groups in total. The number of hydrogen-bond acceptors (Lipinski definition) is 4. The van der Waals surface area contributed by atoms with Crippen molar-refractivity contribution in [2.24, 2.45) is 5.92 Å². The van der Waals surface area contributed by atoms with Crippen molar-refractivity contribution in [1.29, 1.82) is 0 Å². The third-order valence-electron chi connectivity index (χ3n) is 4.39. The lowest BCUT2D eigenvalue weighted by atomic mass is 10.0. The number of thioether (sulfide) groups is 1. The average Bonchev–Trinajstić information content (AvgIpc) is 3.10. The van der Waals surface area contributed by atoms with Crippen LogP contribution in [0.4, 0.5) is 0 Å². The summed E-state index contributed by atoms with van der Waals surface area (Å²) >= 11 is 1.92. The molecule has 1 aromatic rings. The molecule has 0 bridgehead atoms. The third-order valence-corrected chi connectivity index (χ3v) is 5.70. The molecule has 0 radical (unpaired) electrons. The van der Waals surface area contributed by atoms with E-state index in [4.69, 9.17) is 4.74 Å². The lowest BCUT2D eigenvalue weighted by Crippen LogP contribution is -2.45. The quantitative estimate of drug-likeness (QED) is 0.903. The minimum atomic E-state index is -0.738. The minimum Gasteiger partial charge on any atom is -0.481 e. The zero-order valence-corrected chi connectivity index (χ0v) is 13.0. The van der Waals surface area contributed by atoms with Gasteiger partial charge in [0.1, 0.15) is 0 Å². The molecular formula is C16H21NO3S. The van der Waals surface area contributed by atoms with E-state index in [9.17, 15) is 9.90 Å². The molecule has 3 atom stereocenters. The predicted molar refractivity (Wildman–Crippen MR) is 82.8 cm³/mol. The van der Waals surface area contributed by atoms with Gasteiger partial charge in [0.05, 0.1) is 19.1 Å². The lowest BCUT2D eigenvalue weighted by molar-refractivity contribution is -0.143. The van der Waals surface area contributed by atoms with Crippen LogP contribution in [0.2, 0.25) is 0 Å². The maximum atomic E-state index is 11.3. The Morgan fingerprint density at radius 1 is 1.43 bits per heavy atom. The van der Waals surface area contributed by atoms with Crippen molar-refractivity contribution in [3.05, 3.63) is 29.8 Å². The first-order valence-corrected chi connectivity index (χ1v) is 8.36. The number of carbonyl (C=O) groups is 1. The van der Waals surface area contributed by atoms with Crippen LogP contribution in [0, 0.1) is 5.92 Å². The topological polar surface area (TPSA) is 49.8 Å². The number of carboxylic acid groups (broad SMARTS) is 1. The Bertz CT molecular complexity index is 497. The second-order valence-electron chi connectivity index (χ2n) is 5.69. The minimum absolute atomic E-state index is 0.0109. The number of carboxylic acids is 1. The van der Waals surface area contributed by atoms with E-state index in [1.807, 2.05) is 11.8 Å². The molecule has 0 aromatic heterocycles. The zero-order chi connectivity index (χ0) is 14.8. The molecule has 2 aliphatic heterocycles. The van der Waals surface area contributed by atoms with E-state index >= 15 is 0 Å². The van der Waals surface area contributed by atoms with E-state index in [0.29, 0.717) is 18.5 Å². The molecule has 1 fully saturated rings. The molecule has 0 saturated carbocycles. The lowest BCUT2D eigenvalue weighted by Gasteiger charge is -2.31. The van der Waals surface area contributed by atoms with Crippen LogP contribution >= 0.6 is 11.8 Å². The number of benzene rings is 1. The second kappa shape index (κ2) is 6.38. The summed E-state index contributed by atoms with van der Waals surface area (Å²) < 4.78 is 5.41. The number of ether oxygens (including phenoxy) is 1. The van der Waals surface area contributed by atoms with Crippen molar-refractivity contribution >= 4 is 17.7 Å². The standard InChI is InChI=1S/C16H21NO3S/c1-2-17(14-10-20-9-13(14)16(18)19)8-12-7-11-5-3-4-6-15(11)21-12/h3-6,12-14H,2,7-10H2,1H3,(H,18,19). The number of fused-ring (bicyclic) bond motifs is 1. The van der Waals surface area contributed by atoms with Gasteiger partial charge < -0.3 is 9.84 Å². The monoisotopic (exact) mass is 307 g/mol. The summed E-state index contributed by atoms with van der Waals surface area (Å²) in [6.07, 6.45) is 1.07. The highest BCUT2D eigenvalue weighted by molar-refractivity contribution is 8.00. The SMILES string of the molecule is CCN(CC1Cc2ccccc2S1)C1COCC1C(=O)O. The van der Waals surface area contributed by atoms with Crippen molar-refractivity contribution in [2.75, 3.05) is 26.3 Å². The van der Waals surface area contributed by atoms with E-state index < -0.39 is 11.9 Å². The molecule has 2 heterocycles. The number of hydrogen-bond donors (Lipinski definition) is 1. The van der Waals surface area contributed by atoms with Crippen LogP contribution in [0.15, 0.2) is 29.2 Å². The number of rotatable bonds is 5. The van der Waals surface area contributed by atoms with Crippen LogP contribution in [-0.2, 0) is 16.0 Å². The van der Waals surface area contributed by atoms with Crippen molar-refractivity contribution < 1.29 is 14.6 Å².